The number of hydrogen-bond acceptors (Lipinski definition) is 6. The molecule has 5 nitrogen and oxygen atoms in total. The lowest BCUT2D eigenvalue weighted by Crippen LogP contribution is -2.01. The number of carbonyl (C=O) groups excluding carboxylic acids is 2. The topological polar surface area (TPSA) is 61.8 Å². The first-order valence-electron chi connectivity index (χ1n) is 6.17. The number of cyclic esters (lactones) is 1. The number of methoxy groups -OCH3 is 2. The van der Waals surface area contributed by atoms with E-state index in [4.69, 9.17) is 14.2 Å². The van der Waals surface area contributed by atoms with Gasteiger partial charge in [-0.2, -0.15) is 0 Å². The van der Waals surface area contributed by atoms with Crippen molar-refractivity contribution in [1.29, 1.82) is 0 Å². The van der Waals surface area contributed by atoms with Gasteiger partial charge in [0, 0.05) is 24.3 Å². The van der Waals surface area contributed by atoms with Crippen molar-refractivity contribution in [3.8, 4) is 11.5 Å². The van der Waals surface area contributed by atoms with Crippen LogP contribution >= 0.6 is 11.8 Å². The Morgan fingerprint density at radius 1 is 1.35 bits per heavy atom. The highest BCUT2D eigenvalue weighted by Crippen LogP contribution is 2.41. The summed E-state index contributed by atoms with van der Waals surface area (Å²) in [5.41, 5.74) is 1.21. The maximum atomic E-state index is 11.9. The van der Waals surface area contributed by atoms with E-state index in [-0.39, 0.29) is 11.2 Å². The van der Waals surface area contributed by atoms with Crippen molar-refractivity contribution in [3.63, 3.8) is 0 Å². The molecule has 0 fully saturated rings. The summed E-state index contributed by atoms with van der Waals surface area (Å²) in [6.07, 6.45) is 0.229. The zero-order chi connectivity index (χ0) is 14.7. The third kappa shape index (κ3) is 2.90. The number of benzene rings is 1. The molecule has 1 heterocycles. The van der Waals surface area contributed by atoms with E-state index in [2.05, 4.69) is 0 Å². The first kappa shape index (κ1) is 14.7. The molecule has 0 bridgehead atoms. The molecule has 1 atom stereocenters. The minimum atomic E-state index is -0.391. The molecule has 0 amide bonds. The summed E-state index contributed by atoms with van der Waals surface area (Å²) in [6.45, 7) is 1.52. The molecule has 20 heavy (non-hydrogen) atoms. The molecule has 1 aromatic carbocycles. The zero-order valence-corrected chi connectivity index (χ0v) is 12.4. The van der Waals surface area contributed by atoms with Crippen LogP contribution < -0.4 is 9.47 Å². The Morgan fingerprint density at radius 3 is 2.70 bits per heavy atom. The van der Waals surface area contributed by atoms with Crippen LogP contribution in [0.2, 0.25) is 0 Å². The fourth-order valence-electron chi connectivity index (χ4n) is 2.14. The minimum absolute atomic E-state index is 0.0535. The van der Waals surface area contributed by atoms with Crippen LogP contribution in [0.3, 0.4) is 0 Å². The van der Waals surface area contributed by atoms with Crippen molar-refractivity contribution in [1.82, 2.24) is 0 Å². The van der Waals surface area contributed by atoms with Gasteiger partial charge in [0.2, 0.25) is 0 Å². The Balaban J connectivity index is 2.26. The van der Waals surface area contributed by atoms with E-state index in [1.165, 1.54) is 25.8 Å². The van der Waals surface area contributed by atoms with E-state index < -0.39 is 5.97 Å². The molecule has 1 aliphatic rings. The summed E-state index contributed by atoms with van der Waals surface area (Å²) in [5.74, 6) is 1.28. The Bertz CT molecular complexity index is 541. The van der Waals surface area contributed by atoms with Crippen molar-refractivity contribution in [2.45, 2.75) is 19.4 Å². The highest BCUT2D eigenvalue weighted by Gasteiger charge is 2.34. The monoisotopic (exact) mass is 296 g/mol. The molecule has 108 valence electrons. The van der Waals surface area contributed by atoms with Gasteiger partial charge < -0.3 is 14.2 Å². The lowest BCUT2D eigenvalue weighted by Gasteiger charge is -2.11. The Kier molecular flexibility index (Phi) is 4.54. The second-order valence-electron chi connectivity index (χ2n) is 4.32. The molecule has 0 radical (unpaired) electrons. The van der Waals surface area contributed by atoms with E-state index in [1.54, 1.807) is 19.2 Å². The molecule has 1 aliphatic heterocycles. The molecule has 0 saturated heterocycles. The van der Waals surface area contributed by atoms with Gasteiger partial charge in [-0.1, -0.05) is 11.8 Å². The fraction of sp³-hybridized carbons (Fsp3) is 0.429. The Morgan fingerprint density at radius 2 is 2.10 bits per heavy atom. The molecular formula is C14H16O5S. The third-order valence-corrected chi connectivity index (χ3v) is 3.89. The predicted octanol–water partition coefficient (Wildman–Crippen LogP) is 2.59. The van der Waals surface area contributed by atoms with Crippen molar-refractivity contribution >= 4 is 22.8 Å². The fourth-order valence-corrected chi connectivity index (χ4v) is 2.76. The van der Waals surface area contributed by atoms with Crippen LogP contribution in [-0.4, -0.2) is 31.1 Å². The van der Waals surface area contributed by atoms with E-state index in [0.717, 1.165) is 5.56 Å². The number of fused-ring (bicyclic) bond motifs is 1. The van der Waals surface area contributed by atoms with Crippen molar-refractivity contribution < 1.29 is 23.8 Å². The van der Waals surface area contributed by atoms with Crippen LogP contribution in [0.15, 0.2) is 12.1 Å². The molecule has 1 aromatic rings. The normalized spacial score (nSPS) is 16.6. The van der Waals surface area contributed by atoms with Gasteiger partial charge in [-0.05, 0) is 12.5 Å². The second kappa shape index (κ2) is 6.17. The molecule has 0 N–H and O–H groups in total. The molecular weight excluding hydrogens is 280 g/mol. The number of hydrogen-bond donors (Lipinski definition) is 0. The maximum absolute atomic E-state index is 11.9. The summed E-state index contributed by atoms with van der Waals surface area (Å²) in [5, 5.41) is 0.0535. The van der Waals surface area contributed by atoms with Crippen LogP contribution in [0.5, 0.6) is 11.5 Å². The first-order valence-corrected chi connectivity index (χ1v) is 7.15. The summed E-state index contributed by atoms with van der Waals surface area (Å²) in [7, 11) is 3.06. The largest absolute Gasteiger partial charge is 0.497 e. The van der Waals surface area contributed by atoms with Gasteiger partial charge in [0.05, 0.1) is 14.2 Å². The SMILES string of the molecule is COc1cc(OC)c2c(c1)C(CCSC(C)=O)OC2=O. The molecule has 2 rings (SSSR count). The number of thioether (sulfide) groups is 1. The zero-order valence-electron chi connectivity index (χ0n) is 11.6. The van der Waals surface area contributed by atoms with Gasteiger partial charge in [0.15, 0.2) is 5.12 Å². The van der Waals surface area contributed by atoms with E-state index in [9.17, 15) is 9.59 Å². The average molecular weight is 296 g/mol. The highest BCUT2D eigenvalue weighted by atomic mass is 32.2. The van der Waals surface area contributed by atoms with Crippen molar-refractivity contribution in [2.24, 2.45) is 0 Å². The van der Waals surface area contributed by atoms with Gasteiger partial charge in [0.1, 0.15) is 23.2 Å². The number of carbonyl (C=O) groups is 2. The Hall–Kier alpha value is -1.69. The van der Waals surface area contributed by atoms with E-state index in [0.29, 0.717) is 29.2 Å². The van der Waals surface area contributed by atoms with Crippen molar-refractivity contribution in [3.05, 3.63) is 23.3 Å². The van der Waals surface area contributed by atoms with Crippen LogP contribution in [-0.2, 0) is 9.53 Å². The third-order valence-electron chi connectivity index (χ3n) is 3.05. The maximum Gasteiger partial charge on any atom is 0.342 e. The standard InChI is InChI=1S/C14H16O5S/c1-8(15)20-5-4-11-10-6-9(17-2)7-12(18-3)13(10)14(16)19-11/h6-7,11H,4-5H2,1-3H3. The van der Waals surface area contributed by atoms with Crippen LogP contribution in [0.25, 0.3) is 0 Å². The van der Waals surface area contributed by atoms with Crippen LogP contribution in [0, 0.1) is 0 Å². The lowest BCUT2D eigenvalue weighted by molar-refractivity contribution is -0.109. The highest BCUT2D eigenvalue weighted by molar-refractivity contribution is 8.13. The minimum Gasteiger partial charge on any atom is -0.497 e. The van der Waals surface area contributed by atoms with Gasteiger partial charge in [-0.3, -0.25) is 4.79 Å². The van der Waals surface area contributed by atoms with E-state index in [1.807, 2.05) is 0 Å². The Labute approximate surface area is 121 Å². The summed E-state index contributed by atoms with van der Waals surface area (Å²) < 4.78 is 15.8. The quantitative estimate of drug-likeness (QED) is 0.778. The van der Waals surface area contributed by atoms with Crippen LogP contribution in [0.4, 0.5) is 0 Å². The summed E-state index contributed by atoms with van der Waals surface area (Å²) in [6, 6.07) is 3.44. The smallest absolute Gasteiger partial charge is 0.342 e. The van der Waals surface area contributed by atoms with Crippen molar-refractivity contribution in [2.75, 3.05) is 20.0 Å². The molecule has 0 saturated carbocycles. The summed E-state index contributed by atoms with van der Waals surface area (Å²) in [4.78, 5) is 22.9. The van der Waals surface area contributed by atoms with Gasteiger partial charge >= 0.3 is 5.97 Å². The predicted molar refractivity (Wildman–Crippen MR) is 75.5 cm³/mol. The second-order valence-corrected chi connectivity index (χ2v) is 5.59. The van der Waals surface area contributed by atoms with Crippen LogP contribution in [0.1, 0.15) is 35.4 Å². The number of esters is 1. The number of ether oxygens (including phenoxy) is 3. The molecule has 0 spiro atoms. The lowest BCUT2D eigenvalue weighted by atomic mass is 10.0. The van der Waals surface area contributed by atoms with Gasteiger partial charge in [0.25, 0.3) is 0 Å². The molecule has 6 heteroatoms. The average Bonchev–Trinajstić information content (AvgIpc) is 2.74. The first-order chi connectivity index (χ1) is 9.56. The van der Waals surface area contributed by atoms with Gasteiger partial charge in [-0.25, -0.2) is 4.79 Å². The number of rotatable bonds is 5. The van der Waals surface area contributed by atoms with E-state index >= 15 is 0 Å². The molecule has 0 aliphatic carbocycles. The molecule has 0 aromatic heterocycles. The summed E-state index contributed by atoms with van der Waals surface area (Å²) >= 11 is 1.22. The molecule has 1 unspecified atom stereocenters. The van der Waals surface area contributed by atoms with Gasteiger partial charge in [-0.15, -0.1) is 0 Å².